The summed E-state index contributed by atoms with van der Waals surface area (Å²) in [6, 6.07) is 12.7. The lowest BCUT2D eigenvalue weighted by atomic mass is 10.1. The van der Waals surface area contributed by atoms with Gasteiger partial charge in [0.2, 0.25) is 6.41 Å². The highest BCUT2D eigenvalue weighted by Crippen LogP contribution is 2.26. The fraction of sp³-hybridized carbons (Fsp3) is 0.333. The lowest BCUT2D eigenvalue weighted by Crippen LogP contribution is -2.32. The van der Waals surface area contributed by atoms with Crippen LogP contribution in [-0.2, 0) is 16.0 Å². The number of rotatable bonds is 9. The third-order valence-electron chi connectivity index (χ3n) is 3.98. The van der Waals surface area contributed by atoms with E-state index in [0.717, 1.165) is 19.1 Å². The minimum absolute atomic E-state index is 0.0381. The molecule has 0 fully saturated rings. The van der Waals surface area contributed by atoms with Crippen LogP contribution in [0.3, 0.4) is 0 Å². The molecule has 0 aliphatic heterocycles. The molecule has 0 aliphatic carbocycles. The van der Waals surface area contributed by atoms with Crippen molar-refractivity contribution in [1.82, 2.24) is 5.32 Å². The van der Waals surface area contributed by atoms with E-state index in [0.29, 0.717) is 18.5 Å². The van der Waals surface area contributed by atoms with Crippen molar-refractivity contribution < 1.29 is 29.6 Å². The maximum absolute atomic E-state index is 10.5. The number of carbonyl (C=O) groups is 2. The Morgan fingerprint density at radius 2 is 1.83 bits per heavy atom. The van der Waals surface area contributed by atoms with Crippen molar-refractivity contribution in [3.05, 3.63) is 53.6 Å². The van der Waals surface area contributed by atoms with Crippen molar-refractivity contribution in [3.8, 4) is 11.5 Å². The summed E-state index contributed by atoms with van der Waals surface area (Å²) in [6.45, 7) is 3.50. The van der Waals surface area contributed by atoms with Gasteiger partial charge in [0.15, 0.2) is 0 Å². The minimum atomic E-state index is -0.833. The molecular formula is C21H28N2O6. The molecule has 2 aromatic carbocycles. The second kappa shape index (κ2) is 12.4. The molecule has 2 atom stereocenters. The molecule has 0 heterocycles. The third-order valence-corrected chi connectivity index (χ3v) is 3.98. The van der Waals surface area contributed by atoms with E-state index in [1.165, 1.54) is 11.6 Å². The number of aromatic hydroxyl groups is 1. The van der Waals surface area contributed by atoms with Crippen LogP contribution < -0.4 is 15.4 Å². The maximum Gasteiger partial charge on any atom is 0.300 e. The number of benzene rings is 2. The number of hydrogen-bond acceptors (Lipinski definition) is 6. The van der Waals surface area contributed by atoms with Crippen molar-refractivity contribution in [2.45, 2.75) is 32.4 Å². The first-order valence-corrected chi connectivity index (χ1v) is 9.03. The Balaban J connectivity index is 0.000000960. The molecule has 0 aliphatic rings. The quantitative estimate of drug-likeness (QED) is 0.320. The van der Waals surface area contributed by atoms with Gasteiger partial charge in [0, 0.05) is 19.5 Å². The van der Waals surface area contributed by atoms with Gasteiger partial charge in [-0.2, -0.15) is 0 Å². The van der Waals surface area contributed by atoms with E-state index in [4.69, 9.17) is 14.6 Å². The number of aliphatic carboxylic acids is 1. The molecule has 2 unspecified atom stereocenters. The molecule has 8 heteroatoms. The number of hydrogen-bond donors (Lipinski definition) is 5. The molecule has 1 amide bonds. The van der Waals surface area contributed by atoms with Gasteiger partial charge in [-0.15, -0.1) is 0 Å². The van der Waals surface area contributed by atoms with Crippen molar-refractivity contribution in [1.29, 1.82) is 0 Å². The van der Waals surface area contributed by atoms with Gasteiger partial charge in [-0.1, -0.05) is 18.2 Å². The van der Waals surface area contributed by atoms with Crippen LogP contribution in [0.25, 0.3) is 0 Å². The van der Waals surface area contributed by atoms with E-state index < -0.39 is 12.1 Å². The summed E-state index contributed by atoms with van der Waals surface area (Å²) in [5, 5.41) is 33.1. The standard InChI is InChI=1S/C19H24N2O4.C2H4O2/c1-13(9-14-3-6-16(25-2)7-4-14)20-11-19(24)15-5-8-18(23)17(10-15)21-12-22;1-2(3)4/h3-8,10,12-13,19-20,23-24H,9,11H2,1-2H3,(H,21,22);1H3,(H,3,4). The molecule has 8 nitrogen and oxygen atoms in total. The third kappa shape index (κ3) is 9.09. The first kappa shape index (κ1) is 23.9. The summed E-state index contributed by atoms with van der Waals surface area (Å²) in [7, 11) is 1.64. The van der Waals surface area contributed by atoms with Gasteiger partial charge in [0.1, 0.15) is 11.5 Å². The highest BCUT2D eigenvalue weighted by Gasteiger charge is 2.12. The van der Waals surface area contributed by atoms with Gasteiger partial charge < -0.3 is 30.7 Å². The number of phenolic OH excluding ortho intramolecular Hbond substituents is 1. The van der Waals surface area contributed by atoms with Gasteiger partial charge in [-0.3, -0.25) is 9.59 Å². The molecule has 29 heavy (non-hydrogen) atoms. The number of phenols is 1. The summed E-state index contributed by atoms with van der Waals surface area (Å²) < 4.78 is 5.14. The van der Waals surface area contributed by atoms with Crippen molar-refractivity contribution in [2.75, 3.05) is 19.0 Å². The van der Waals surface area contributed by atoms with Crippen molar-refractivity contribution in [2.24, 2.45) is 0 Å². The molecule has 2 rings (SSSR count). The number of carbonyl (C=O) groups excluding carboxylic acids is 1. The molecule has 5 N–H and O–H groups in total. The van der Waals surface area contributed by atoms with E-state index in [1.54, 1.807) is 19.2 Å². The van der Waals surface area contributed by atoms with Crippen LogP contribution in [0.5, 0.6) is 11.5 Å². The van der Waals surface area contributed by atoms with Crippen LogP contribution in [-0.4, -0.2) is 47.4 Å². The molecule has 0 bridgehead atoms. The number of carboxylic acids is 1. The molecule has 2 aromatic rings. The Bertz CT molecular complexity index is 775. The smallest absolute Gasteiger partial charge is 0.300 e. The van der Waals surface area contributed by atoms with E-state index in [9.17, 15) is 15.0 Å². The number of carboxylic acid groups (broad SMARTS) is 1. The number of amides is 1. The van der Waals surface area contributed by atoms with Gasteiger partial charge in [0.05, 0.1) is 18.9 Å². The summed E-state index contributed by atoms with van der Waals surface area (Å²) in [4.78, 5) is 19.5. The predicted octanol–water partition coefficient (Wildman–Crippen LogP) is 2.31. The Kier molecular flexibility index (Phi) is 10.2. The topological polar surface area (TPSA) is 128 Å². The average Bonchev–Trinajstić information content (AvgIpc) is 2.68. The van der Waals surface area contributed by atoms with Crippen LogP contribution in [0.15, 0.2) is 42.5 Å². The van der Waals surface area contributed by atoms with E-state index in [1.807, 2.05) is 31.2 Å². The highest BCUT2D eigenvalue weighted by atomic mass is 16.5. The zero-order valence-electron chi connectivity index (χ0n) is 16.8. The number of aliphatic hydroxyl groups is 1. The highest BCUT2D eigenvalue weighted by molar-refractivity contribution is 5.75. The number of aliphatic hydroxyl groups excluding tert-OH is 1. The van der Waals surface area contributed by atoms with Gasteiger partial charge >= 0.3 is 0 Å². The number of methoxy groups -OCH3 is 1. The van der Waals surface area contributed by atoms with Crippen LogP contribution in [0.2, 0.25) is 0 Å². The van der Waals surface area contributed by atoms with Crippen LogP contribution in [0.4, 0.5) is 5.69 Å². The van der Waals surface area contributed by atoms with Crippen LogP contribution in [0, 0.1) is 0 Å². The number of ether oxygens (including phenoxy) is 1. The number of nitrogens with one attached hydrogen (secondary N) is 2. The zero-order chi connectivity index (χ0) is 21.8. The zero-order valence-corrected chi connectivity index (χ0v) is 16.8. The summed E-state index contributed by atoms with van der Waals surface area (Å²) >= 11 is 0. The summed E-state index contributed by atoms with van der Waals surface area (Å²) in [5.41, 5.74) is 2.07. The second-order valence-electron chi connectivity index (χ2n) is 6.44. The first-order valence-electron chi connectivity index (χ1n) is 9.03. The SMILES string of the molecule is CC(=O)O.COc1ccc(CC(C)NCC(O)c2ccc(O)c(NC=O)c2)cc1. The normalized spacial score (nSPS) is 12.1. The average molecular weight is 404 g/mol. The van der Waals surface area contributed by atoms with Crippen molar-refractivity contribution in [3.63, 3.8) is 0 Å². The maximum atomic E-state index is 10.5. The summed E-state index contributed by atoms with van der Waals surface area (Å²) in [5.74, 6) is -0.0456. The molecule has 0 saturated heterocycles. The molecule has 0 saturated carbocycles. The molecular weight excluding hydrogens is 376 g/mol. The minimum Gasteiger partial charge on any atom is -0.506 e. The van der Waals surface area contributed by atoms with Crippen LogP contribution >= 0.6 is 0 Å². The van der Waals surface area contributed by atoms with E-state index >= 15 is 0 Å². The fourth-order valence-corrected chi connectivity index (χ4v) is 2.56. The number of anilines is 1. The Labute approximate surface area is 170 Å². The van der Waals surface area contributed by atoms with Crippen LogP contribution in [0.1, 0.15) is 31.1 Å². The van der Waals surface area contributed by atoms with Gasteiger partial charge in [-0.05, 0) is 48.7 Å². The van der Waals surface area contributed by atoms with E-state index in [-0.39, 0.29) is 17.5 Å². The molecule has 0 radical (unpaired) electrons. The largest absolute Gasteiger partial charge is 0.506 e. The summed E-state index contributed by atoms with van der Waals surface area (Å²) in [6.07, 6.45) is 0.566. The lowest BCUT2D eigenvalue weighted by molar-refractivity contribution is -0.134. The fourth-order valence-electron chi connectivity index (χ4n) is 2.56. The van der Waals surface area contributed by atoms with Crippen molar-refractivity contribution >= 4 is 18.1 Å². The van der Waals surface area contributed by atoms with E-state index in [2.05, 4.69) is 10.6 Å². The first-order chi connectivity index (χ1) is 13.8. The Hall–Kier alpha value is -3.10. The predicted molar refractivity (Wildman–Crippen MR) is 110 cm³/mol. The second-order valence-corrected chi connectivity index (χ2v) is 6.44. The molecule has 0 spiro atoms. The Morgan fingerprint density at radius 3 is 2.38 bits per heavy atom. The monoisotopic (exact) mass is 404 g/mol. The molecule has 158 valence electrons. The lowest BCUT2D eigenvalue weighted by Gasteiger charge is -2.18. The molecule has 0 aromatic heterocycles. The Morgan fingerprint density at radius 1 is 1.21 bits per heavy atom. The van der Waals surface area contributed by atoms with Gasteiger partial charge in [-0.25, -0.2) is 0 Å². The van der Waals surface area contributed by atoms with Gasteiger partial charge in [0.25, 0.3) is 5.97 Å².